The quantitative estimate of drug-likeness (QED) is 0.891. The third-order valence-electron chi connectivity index (χ3n) is 3.32. The highest BCUT2D eigenvalue weighted by Crippen LogP contribution is 2.30. The van der Waals surface area contributed by atoms with E-state index in [-0.39, 0.29) is 0 Å². The first-order chi connectivity index (χ1) is 8.31. The molecule has 1 aliphatic rings. The van der Waals surface area contributed by atoms with Gasteiger partial charge in [0.15, 0.2) is 0 Å². The smallest absolute Gasteiger partial charge is 0.124 e. The van der Waals surface area contributed by atoms with E-state index in [9.17, 15) is 0 Å². The molecule has 0 aromatic heterocycles. The average Bonchev–Trinajstić information content (AvgIpc) is 2.35. The zero-order valence-electron chi connectivity index (χ0n) is 10.1. The number of ether oxygens (including phenoxy) is 1. The van der Waals surface area contributed by atoms with Gasteiger partial charge in [0.2, 0.25) is 0 Å². The van der Waals surface area contributed by atoms with Crippen molar-refractivity contribution in [3.8, 4) is 5.75 Å². The summed E-state index contributed by atoms with van der Waals surface area (Å²) in [4.78, 5) is 0. The molecule has 0 radical (unpaired) electrons. The summed E-state index contributed by atoms with van der Waals surface area (Å²) in [5.41, 5.74) is 6.67. The second-order valence-corrected chi connectivity index (χ2v) is 5.04. The van der Waals surface area contributed by atoms with E-state index in [0.29, 0.717) is 12.6 Å². The van der Waals surface area contributed by atoms with Gasteiger partial charge in [-0.15, -0.1) is 0 Å². The van der Waals surface area contributed by atoms with Gasteiger partial charge in [-0.3, -0.25) is 0 Å². The van der Waals surface area contributed by atoms with Crippen LogP contribution in [0.4, 0.5) is 0 Å². The molecule has 2 rings (SSSR count). The molecule has 2 nitrogen and oxygen atoms in total. The van der Waals surface area contributed by atoms with Crippen molar-refractivity contribution in [2.24, 2.45) is 5.73 Å². The molecule has 3 heteroatoms. The van der Waals surface area contributed by atoms with E-state index in [0.717, 1.165) is 35.6 Å². The largest absolute Gasteiger partial charge is 0.490 e. The van der Waals surface area contributed by atoms with Crippen LogP contribution in [0.2, 0.25) is 5.02 Å². The van der Waals surface area contributed by atoms with Gasteiger partial charge in [0.05, 0.1) is 6.10 Å². The summed E-state index contributed by atoms with van der Waals surface area (Å²) in [6.07, 6.45) is 7.35. The normalized spacial score (nSPS) is 17.1. The van der Waals surface area contributed by atoms with Crippen LogP contribution in [0.5, 0.6) is 5.75 Å². The van der Waals surface area contributed by atoms with Crippen molar-refractivity contribution in [1.82, 2.24) is 0 Å². The van der Waals surface area contributed by atoms with Crippen LogP contribution in [0.15, 0.2) is 18.2 Å². The summed E-state index contributed by atoms with van der Waals surface area (Å²) in [6.45, 7) is 0.602. The van der Waals surface area contributed by atoms with E-state index >= 15 is 0 Å². The van der Waals surface area contributed by atoms with Crippen molar-refractivity contribution >= 4 is 11.6 Å². The number of rotatable bonds is 4. The van der Waals surface area contributed by atoms with E-state index in [2.05, 4.69) is 0 Å². The van der Waals surface area contributed by atoms with Gasteiger partial charge in [-0.25, -0.2) is 0 Å². The van der Waals surface area contributed by atoms with Crippen molar-refractivity contribution in [3.63, 3.8) is 0 Å². The molecule has 0 spiro atoms. The predicted octanol–water partition coefficient (Wildman–Crippen LogP) is 3.55. The van der Waals surface area contributed by atoms with Gasteiger partial charge in [-0.05, 0) is 50.8 Å². The minimum absolute atomic E-state index is 0.360. The minimum atomic E-state index is 0.360. The number of hydrogen-bond acceptors (Lipinski definition) is 2. The molecule has 0 aliphatic heterocycles. The third-order valence-corrected chi connectivity index (χ3v) is 3.67. The topological polar surface area (TPSA) is 35.2 Å². The van der Waals surface area contributed by atoms with Crippen molar-refractivity contribution in [3.05, 3.63) is 28.8 Å². The first kappa shape index (κ1) is 12.7. The zero-order valence-corrected chi connectivity index (χ0v) is 10.9. The minimum Gasteiger partial charge on any atom is -0.490 e. The molecule has 94 valence electrons. The van der Waals surface area contributed by atoms with Crippen molar-refractivity contribution in [1.29, 1.82) is 0 Å². The highest BCUT2D eigenvalue weighted by molar-refractivity contribution is 6.31. The van der Waals surface area contributed by atoms with Crippen LogP contribution in [-0.4, -0.2) is 12.6 Å². The molecule has 17 heavy (non-hydrogen) atoms. The number of halogens is 1. The third kappa shape index (κ3) is 3.36. The molecule has 2 N–H and O–H groups in total. The van der Waals surface area contributed by atoms with Gasteiger partial charge in [-0.1, -0.05) is 24.1 Å². The molecule has 0 saturated heterocycles. The Hall–Kier alpha value is -0.730. The first-order valence-corrected chi connectivity index (χ1v) is 6.83. The van der Waals surface area contributed by atoms with Gasteiger partial charge in [-0.2, -0.15) is 0 Å². The summed E-state index contributed by atoms with van der Waals surface area (Å²) in [6, 6.07) is 5.85. The first-order valence-electron chi connectivity index (χ1n) is 6.45. The fourth-order valence-electron chi connectivity index (χ4n) is 2.40. The number of hydrogen-bond donors (Lipinski definition) is 1. The maximum Gasteiger partial charge on any atom is 0.124 e. The van der Waals surface area contributed by atoms with Gasteiger partial charge in [0.1, 0.15) is 5.75 Å². The summed E-state index contributed by atoms with van der Waals surface area (Å²) >= 11 is 6.19. The summed E-state index contributed by atoms with van der Waals surface area (Å²) in [5, 5.41) is 0.767. The Kier molecular flexibility index (Phi) is 4.69. The van der Waals surface area contributed by atoms with Crippen molar-refractivity contribution in [2.45, 2.75) is 44.6 Å². The number of nitrogens with two attached hydrogens (primary N) is 1. The Morgan fingerprint density at radius 3 is 2.71 bits per heavy atom. The summed E-state index contributed by atoms with van der Waals surface area (Å²) in [5.74, 6) is 0.926. The Morgan fingerprint density at radius 1 is 1.24 bits per heavy atom. The Bertz CT molecular complexity index is 361. The van der Waals surface area contributed by atoms with Gasteiger partial charge in [0.25, 0.3) is 0 Å². The van der Waals surface area contributed by atoms with Crippen LogP contribution in [-0.2, 0) is 6.42 Å². The predicted molar refractivity (Wildman–Crippen MR) is 71.7 cm³/mol. The lowest BCUT2D eigenvalue weighted by Crippen LogP contribution is -2.20. The van der Waals surface area contributed by atoms with Crippen LogP contribution >= 0.6 is 11.6 Å². The molecule has 0 atom stereocenters. The molecule has 0 unspecified atom stereocenters. The molecule has 1 saturated carbocycles. The molecule has 1 fully saturated rings. The van der Waals surface area contributed by atoms with Crippen LogP contribution in [0, 0.1) is 0 Å². The van der Waals surface area contributed by atoms with Gasteiger partial charge >= 0.3 is 0 Å². The Labute approximate surface area is 108 Å². The fraction of sp³-hybridized carbons (Fsp3) is 0.571. The summed E-state index contributed by atoms with van der Waals surface area (Å²) in [7, 11) is 0. The molecule has 1 aliphatic carbocycles. The fourth-order valence-corrected chi connectivity index (χ4v) is 2.66. The standard InChI is InChI=1S/C14H20ClNO/c15-13-7-4-8-14(12(13)9-10-16)17-11-5-2-1-3-6-11/h4,7-8,11H,1-3,5-6,9-10,16H2. The molecule has 0 heterocycles. The SMILES string of the molecule is NCCc1c(Cl)cccc1OC1CCCCC1. The second-order valence-electron chi connectivity index (χ2n) is 4.63. The van der Waals surface area contributed by atoms with E-state index in [1.54, 1.807) is 0 Å². The lowest BCUT2D eigenvalue weighted by atomic mass is 9.97. The Balaban J connectivity index is 2.10. The maximum atomic E-state index is 6.19. The highest BCUT2D eigenvalue weighted by Gasteiger charge is 2.17. The van der Waals surface area contributed by atoms with E-state index < -0.39 is 0 Å². The monoisotopic (exact) mass is 253 g/mol. The van der Waals surface area contributed by atoms with E-state index in [4.69, 9.17) is 22.1 Å². The lowest BCUT2D eigenvalue weighted by molar-refractivity contribution is 0.153. The zero-order chi connectivity index (χ0) is 12.1. The summed E-state index contributed by atoms with van der Waals surface area (Å²) < 4.78 is 6.08. The highest BCUT2D eigenvalue weighted by atomic mass is 35.5. The van der Waals surface area contributed by atoms with Crippen LogP contribution < -0.4 is 10.5 Å². The van der Waals surface area contributed by atoms with Gasteiger partial charge < -0.3 is 10.5 Å². The van der Waals surface area contributed by atoms with Gasteiger partial charge in [0, 0.05) is 10.6 Å². The molecule has 0 bridgehead atoms. The maximum absolute atomic E-state index is 6.19. The second kappa shape index (κ2) is 6.27. The van der Waals surface area contributed by atoms with Crippen molar-refractivity contribution in [2.75, 3.05) is 6.54 Å². The van der Waals surface area contributed by atoms with E-state index in [1.165, 1.54) is 19.3 Å². The molecule has 1 aromatic rings. The Morgan fingerprint density at radius 2 is 2.00 bits per heavy atom. The average molecular weight is 254 g/mol. The molecular formula is C14H20ClNO. The van der Waals surface area contributed by atoms with Crippen molar-refractivity contribution < 1.29 is 4.74 Å². The molecule has 0 amide bonds. The van der Waals surface area contributed by atoms with Crippen LogP contribution in [0.1, 0.15) is 37.7 Å². The van der Waals surface area contributed by atoms with Crippen LogP contribution in [0.3, 0.4) is 0 Å². The van der Waals surface area contributed by atoms with E-state index in [1.807, 2.05) is 18.2 Å². The number of benzene rings is 1. The lowest BCUT2D eigenvalue weighted by Gasteiger charge is -2.24. The molecular weight excluding hydrogens is 234 g/mol. The van der Waals surface area contributed by atoms with Crippen LogP contribution in [0.25, 0.3) is 0 Å². The molecule has 1 aromatic carbocycles.